The molecule has 3 nitrogen and oxygen atoms in total. The second-order valence-corrected chi connectivity index (χ2v) is 4.10. The average molecular weight is 235 g/mol. The van der Waals surface area contributed by atoms with Crippen LogP contribution in [-0.4, -0.2) is 15.0 Å². The third-order valence-corrected chi connectivity index (χ3v) is 2.89. The van der Waals surface area contributed by atoms with Gasteiger partial charge in [0.15, 0.2) is 0 Å². The molecule has 1 aromatic heterocycles. The van der Waals surface area contributed by atoms with Crippen LogP contribution in [0.1, 0.15) is 0 Å². The fourth-order valence-corrected chi connectivity index (χ4v) is 2.07. The van der Waals surface area contributed by atoms with Gasteiger partial charge in [0.2, 0.25) is 0 Å². The first-order valence-electron chi connectivity index (χ1n) is 5.87. The highest BCUT2D eigenvalue weighted by molar-refractivity contribution is 5.95. The second kappa shape index (κ2) is 4.45. The SMILES string of the molecule is C=CCn1ncc(-c2cccc3ccccc23)n1. The monoisotopic (exact) mass is 235 g/mol. The predicted molar refractivity (Wildman–Crippen MR) is 73.2 cm³/mol. The summed E-state index contributed by atoms with van der Waals surface area (Å²) >= 11 is 0. The minimum atomic E-state index is 0.630. The van der Waals surface area contributed by atoms with Crippen molar-refractivity contribution in [1.82, 2.24) is 15.0 Å². The smallest absolute Gasteiger partial charge is 0.113 e. The highest BCUT2D eigenvalue weighted by Crippen LogP contribution is 2.26. The van der Waals surface area contributed by atoms with Gasteiger partial charge >= 0.3 is 0 Å². The third-order valence-electron chi connectivity index (χ3n) is 2.89. The maximum atomic E-state index is 4.45. The summed E-state index contributed by atoms with van der Waals surface area (Å²) in [6.07, 6.45) is 3.58. The summed E-state index contributed by atoms with van der Waals surface area (Å²) < 4.78 is 0. The number of hydrogen-bond donors (Lipinski definition) is 0. The van der Waals surface area contributed by atoms with E-state index in [9.17, 15) is 0 Å². The van der Waals surface area contributed by atoms with Crippen LogP contribution < -0.4 is 0 Å². The average Bonchev–Trinajstić information content (AvgIpc) is 2.87. The normalized spacial score (nSPS) is 10.7. The first-order chi connectivity index (χ1) is 8.88. The predicted octanol–water partition coefficient (Wildman–Crippen LogP) is 3.28. The van der Waals surface area contributed by atoms with Crippen LogP contribution in [0.2, 0.25) is 0 Å². The molecule has 1 heterocycles. The molecular formula is C15H13N3. The summed E-state index contributed by atoms with van der Waals surface area (Å²) in [5.41, 5.74) is 2.01. The molecule has 0 radical (unpaired) electrons. The number of fused-ring (bicyclic) bond motifs is 1. The minimum Gasteiger partial charge on any atom is -0.180 e. The molecule has 0 unspecified atom stereocenters. The first kappa shape index (κ1) is 10.7. The molecule has 0 aliphatic heterocycles. The maximum Gasteiger partial charge on any atom is 0.113 e. The Morgan fingerprint density at radius 2 is 1.94 bits per heavy atom. The summed E-state index contributed by atoms with van der Waals surface area (Å²) in [6, 6.07) is 14.5. The van der Waals surface area contributed by atoms with Gasteiger partial charge in [0, 0.05) is 5.56 Å². The first-order valence-corrected chi connectivity index (χ1v) is 5.87. The Hall–Kier alpha value is -2.42. The van der Waals surface area contributed by atoms with Crippen molar-refractivity contribution in [3.63, 3.8) is 0 Å². The summed E-state index contributed by atoms with van der Waals surface area (Å²) in [4.78, 5) is 1.64. The Bertz CT molecular complexity index is 692. The Morgan fingerprint density at radius 1 is 1.11 bits per heavy atom. The number of hydrogen-bond acceptors (Lipinski definition) is 2. The molecule has 0 spiro atoms. The van der Waals surface area contributed by atoms with Crippen LogP contribution >= 0.6 is 0 Å². The van der Waals surface area contributed by atoms with E-state index in [1.807, 2.05) is 18.2 Å². The molecule has 0 saturated carbocycles. The van der Waals surface area contributed by atoms with Gasteiger partial charge in [0.05, 0.1) is 12.7 Å². The van der Waals surface area contributed by atoms with Gasteiger partial charge in [0.1, 0.15) is 5.69 Å². The highest BCUT2D eigenvalue weighted by Gasteiger charge is 2.06. The van der Waals surface area contributed by atoms with Crippen molar-refractivity contribution in [3.05, 3.63) is 61.3 Å². The second-order valence-electron chi connectivity index (χ2n) is 4.10. The van der Waals surface area contributed by atoms with Crippen molar-refractivity contribution >= 4 is 10.8 Å². The van der Waals surface area contributed by atoms with E-state index in [1.165, 1.54) is 10.8 Å². The number of benzene rings is 2. The van der Waals surface area contributed by atoms with Crippen molar-refractivity contribution in [2.24, 2.45) is 0 Å². The molecule has 88 valence electrons. The molecular weight excluding hydrogens is 222 g/mol. The Balaban J connectivity index is 2.15. The number of aromatic nitrogens is 3. The van der Waals surface area contributed by atoms with E-state index in [0.717, 1.165) is 11.3 Å². The molecule has 0 aliphatic carbocycles. The quantitative estimate of drug-likeness (QED) is 0.652. The van der Waals surface area contributed by atoms with Crippen molar-refractivity contribution < 1.29 is 0 Å². The van der Waals surface area contributed by atoms with Crippen LogP contribution in [0, 0.1) is 0 Å². The van der Waals surface area contributed by atoms with E-state index in [2.05, 4.69) is 41.0 Å². The lowest BCUT2D eigenvalue weighted by Gasteiger charge is -2.02. The van der Waals surface area contributed by atoms with Gasteiger partial charge in [-0.05, 0) is 10.8 Å². The van der Waals surface area contributed by atoms with Crippen molar-refractivity contribution in [2.75, 3.05) is 0 Å². The van der Waals surface area contributed by atoms with Gasteiger partial charge in [-0.3, -0.25) is 0 Å². The van der Waals surface area contributed by atoms with E-state index in [0.29, 0.717) is 6.54 Å². The van der Waals surface area contributed by atoms with E-state index in [1.54, 1.807) is 17.1 Å². The van der Waals surface area contributed by atoms with E-state index >= 15 is 0 Å². The minimum absolute atomic E-state index is 0.630. The molecule has 0 atom stereocenters. The van der Waals surface area contributed by atoms with Gasteiger partial charge in [0.25, 0.3) is 0 Å². The summed E-state index contributed by atoms with van der Waals surface area (Å²) in [7, 11) is 0. The molecule has 18 heavy (non-hydrogen) atoms. The zero-order valence-electron chi connectivity index (χ0n) is 9.95. The molecule has 0 bridgehead atoms. The topological polar surface area (TPSA) is 30.7 Å². The van der Waals surface area contributed by atoms with Gasteiger partial charge in [-0.15, -0.1) is 6.58 Å². The van der Waals surface area contributed by atoms with Gasteiger partial charge < -0.3 is 0 Å². The number of allylic oxidation sites excluding steroid dienone is 1. The molecule has 0 amide bonds. The summed E-state index contributed by atoms with van der Waals surface area (Å²) in [5.74, 6) is 0. The van der Waals surface area contributed by atoms with E-state index in [4.69, 9.17) is 0 Å². The molecule has 3 rings (SSSR count). The van der Waals surface area contributed by atoms with Crippen molar-refractivity contribution in [2.45, 2.75) is 6.54 Å². The van der Waals surface area contributed by atoms with Crippen LogP contribution in [0.25, 0.3) is 22.0 Å². The molecule has 0 saturated heterocycles. The maximum absolute atomic E-state index is 4.45. The molecule has 0 aliphatic rings. The summed E-state index contributed by atoms with van der Waals surface area (Å²) in [6.45, 7) is 4.32. The fourth-order valence-electron chi connectivity index (χ4n) is 2.07. The Kier molecular flexibility index (Phi) is 2.65. The zero-order valence-corrected chi connectivity index (χ0v) is 9.95. The largest absolute Gasteiger partial charge is 0.180 e. The van der Waals surface area contributed by atoms with Crippen LogP contribution in [0.5, 0.6) is 0 Å². The Morgan fingerprint density at radius 3 is 2.83 bits per heavy atom. The van der Waals surface area contributed by atoms with Crippen molar-refractivity contribution in [1.29, 1.82) is 0 Å². The summed E-state index contributed by atoms with van der Waals surface area (Å²) in [5, 5.41) is 11.1. The molecule has 0 fully saturated rings. The van der Waals surface area contributed by atoms with E-state index in [-0.39, 0.29) is 0 Å². The van der Waals surface area contributed by atoms with Gasteiger partial charge in [-0.2, -0.15) is 15.0 Å². The number of rotatable bonds is 3. The molecule has 2 aromatic carbocycles. The highest BCUT2D eigenvalue weighted by atomic mass is 15.5. The van der Waals surface area contributed by atoms with Gasteiger partial charge in [-0.1, -0.05) is 48.5 Å². The Labute approximate surface area is 105 Å². The lowest BCUT2D eigenvalue weighted by molar-refractivity contribution is 0.604. The van der Waals surface area contributed by atoms with Crippen LogP contribution in [-0.2, 0) is 6.54 Å². The lowest BCUT2D eigenvalue weighted by atomic mass is 10.0. The van der Waals surface area contributed by atoms with Crippen molar-refractivity contribution in [3.8, 4) is 11.3 Å². The fraction of sp³-hybridized carbons (Fsp3) is 0.0667. The molecule has 3 aromatic rings. The van der Waals surface area contributed by atoms with E-state index < -0.39 is 0 Å². The van der Waals surface area contributed by atoms with Crippen LogP contribution in [0.3, 0.4) is 0 Å². The van der Waals surface area contributed by atoms with Gasteiger partial charge in [-0.25, -0.2) is 0 Å². The van der Waals surface area contributed by atoms with Crippen LogP contribution in [0.15, 0.2) is 61.3 Å². The number of nitrogens with zero attached hydrogens (tertiary/aromatic N) is 3. The standard InChI is InChI=1S/C15H13N3/c1-2-10-18-16-11-15(17-18)14-9-5-7-12-6-3-4-8-13(12)14/h2-9,11H,1,10H2. The lowest BCUT2D eigenvalue weighted by Crippen LogP contribution is -1.99. The molecule has 0 N–H and O–H groups in total. The van der Waals surface area contributed by atoms with Crippen LogP contribution in [0.4, 0.5) is 0 Å². The molecule has 3 heteroatoms. The zero-order chi connectivity index (χ0) is 12.4. The third kappa shape index (κ3) is 1.80.